The first-order valence-corrected chi connectivity index (χ1v) is 5.66. The number of rotatable bonds is 3. The molecule has 2 N–H and O–H groups in total. The predicted octanol–water partition coefficient (Wildman–Crippen LogP) is 0.665. The summed E-state index contributed by atoms with van der Waals surface area (Å²) in [5.41, 5.74) is -1.43. The van der Waals surface area contributed by atoms with Gasteiger partial charge < -0.3 is 15.3 Å². The van der Waals surface area contributed by atoms with E-state index in [1.165, 1.54) is 0 Å². The Balaban J connectivity index is 2.05. The minimum Gasteiger partial charge on any atom is -0.480 e. The zero-order valence-electron chi connectivity index (χ0n) is 9.95. The fourth-order valence-corrected chi connectivity index (χ4v) is 2.13. The van der Waals surface area contributed by atoms with E-state index in [0.717, 1.165) is 12.1 Å². The van der Waals surface area contributed by atoms with Gasteiger partial charge in [-0.1, -0.05) is 5.16 Å². The molecule has 17 heavy (non-hydrogen) atoms. The molecule has 1 atom stereocenters. The third-order valence-electron chi connectivity index (χ3n) is 3.45. The number of amides is 1. The minimum absolute atomic E-state index is 0.397. The first-order valence-electron chi connectivity index (χ1n) is 5.66. The molecule has 1 amide bonds. The molecule has 1 aliphatic carbocycles. The topological polar surface area (TPSA) is 88.0 Å². The maximum atomic E-state index is 12.1. The summed E-state index contributed by atoms with van der Waals surface area (Å²) in [7, 11) is 0. The van der Waals surface area contributed by atoms with Gasteiger partial charge in [0.15, 0.2) is 0 Å². The van der Waals surface area contributed by atoms with Crippen molar-refractivity contribution >= 4 is 17.6 Å². The summed E-state index contributed by atoms with van der Waals surface area (Å²) in [5.74, 6) is -1.38. The van der Waals surface area contributed by atoms with Crippen LogP contribution in [0.1, 0.15) is 39.5 Å². The number of aliphatic carboxylic acids is 1. The van der Waals surface area contributed by atoms with Crippen molar-refractivity contribution in [2.45, 2.75) is 50.7 Å². The van der Waals surface area contributed by atoms with Crippen molar-refractivity contribution in [3.63, 3.8) is 0 Å². The molecule has 94 valence electrons. The van der Waals surface area contributed by atoms with Crippen LogP contribution >= 0.6 is 0 Å². The molecule has 0 radical (unpaired) electrons. The van der Waals surface area contributed by atoms with Crippen LogP contribution in [0, 0.1) is 0 Å². The summed E-state index contributed by atoms with van der Waals surface area (Å²) in [6.45, 7) is 3.39. The van der Waals surface area contributed by atoms with Gasteiger partial charge in [-0.2, -0.15) is 0 Å². The lowest BCUT2D eigenvalue weighted by molar-refractivity contribution is -0.157. The monoisotopic (exact) mass is 240 g/mol. The fraction of sp³-hybridized carbons (Fsp3) is 0.727. The molecule has 0 spiro atoms. The van der Waals surface area contributed by atoms with Gasteiger partial charge in [0, 0.05) is 6.42 Å². The number of oxime groups is 1. The fourth-order valence-electron chi connectivity index (χ4n) is 2.13. The van der Waals surface area contributed by atoms with Crippen LogP contribution in [0.25, 0.3) is 0 Å². The molecule has 0 unspecified atom stereocenters. The van der Waals surface area contributed by atoms with E-state index in [4.69, 9.17) is 9.94 Å². The van der Waals surface area contributed by atoms with Crippen LogP contribution < -0.4 is 5.32 Å². The second kappa shape index (κ2) is 3.72. The van der Waals surface area contributed by atoms with E-state index in [0.29, 0.717) is 19.3 Å². The summed E-state index contributed by atoms with van der Waals surface area (Å²) in [5, 5.41) is 15.5. The third-order valence-corrected chi connectivity index (χ3v) is 3.45. The molecule has 6 heteroatoms. The molecular formula is C11H16N2O4. The van der Waals surface area contributed by atoms with Gasteiger partial charge in [0.2, 0.25) is 5.60 Å². The van der Waals surface area contributed by atoms with E-state index < -0.39 is 23.0 Å². The Morgan fingerprint density at radius 3 is 2.47 bits per heavy atom. The first-order chi connectivity index (χ1) is 7.88. The number of carboxylic acids is 1. The van der Waals surface area contributed by atoms with Crippen LogP contribution in [0.2, 0.25) is 0 Å². The number of hydrogen-bond acceptors (Lipinski definition) is 4. The van der Waals surface area contributed by atoms with Crippen molar-refractivity contribution in [1.29, 1.82) is 0 Å². The van der Waals surface area contributed by atoms with Crippen LogP contribution in [0.15, 0.2) is 5.16 Å². The highest BCUT2D eigenvalue weighted by Crippen LogP contribution is 2.34. The average Bonchev–Trinajstić information content (AvgIpc) is 2.52. The number of carboxylic acid groups (broad SMARTS) is 1. The predicted molar refractivity (Wildman–Crippen MR) is 59.6 cm³/mol. The van der Waals surface area contributed by atoms with E-state index in [1.54, 1.807) is 13.8 Å². The number of hydrogen-bond donors (Lipinski definition) is 2. The van der Waals surface area contributed by atoms with Gasteiger partial charge in [0.25, 0.3) is 5.91 Å². The van der Waals surface area contributed by atoms with Crippen molar-refractivity contribution in [3.8, 4) is 0 Å². The molecule has 0 aromatic heterocycles. The zero-order chi connectivity index (χ0) is 12.7. The molecule has 6 nitrogen and oxygen atoms in total. The van der Waals surface area contributed by atoms with Gasteiger partial charge in [-0.25, -0.2) is 4.79 Å². The van der Waals surface area contributed by atoms with Crippen LogP contribution in [0.5, 0.6) is 0 Å². The molecule has 2 aliphatic rings. The normalized spacial score (nSPS) is 29.9. The Morgan fingerprint density at radius 1 is 1.47 bits per heavy atom. The SMILES string of the molecule is CC1=NO[C@@](C)(C(=O)NC2(C(=O)O)CCC2)C1. The lowest BCUT2D eigenvalue weighted by atomic mass is 9.76. The summed E-state index contributed by atoms with van der Waals surface area (Å²) < 4.78 is 0. The average molecular weight is 240 g/mol. The van der Waals surface area contributed by atoms with Crippen LogP contribution in [-0.2, 0) is 14.4 Å². The Kier molecular flexibility index (Phi) is 2.60. The van der Waals surface area contributed by atoms with E-state index >= 15 is 0 Å². The van der Waals surface area contributed by atoms with Gasteiger partial charge in [-0.05, 0) is 33.1 Å². The van der Waals surface area contributed by atoms with Crippen molar-refractivity contribution < 1.29 is 19.5 Å². The lowest BCUT2D eigenvalue weighted by Gasteiger charge is -2.39. The van der Waals surface area contributed by atoms with Crippen LogP contribution in [-0.4, -0.2) is 33.8 Å². The molecule has 2 rings (SSSR count). The van der Waals surface area contributed by atoms with E-state index in [2.05, 4.69) is 10.5 Å². The van der Waals surface area contributed by atoms with Crippen molar-refractivity contribution in [2.24, 2.45) is 5.16 Å². The summed E-state index contributed by atoms with van der Waals surface area (Å²) >= 11 is 0. The van der Waals surface area contributed by atoms with Gasteiger partial charge in [0.1, 0.15) is 5.54 Å². The highest BCUT2D eigenvalue weighted by Gasteiger charge is 2.50. The van der Waals surface area contributed by atoms with Crippen molar-refractivity contribution in [1.82, 2.24) is 5.32 Å². The first kappa shape index (κ1) is 11.9. The van der Waals surface area contributed by atoms with E-state index in [1.807, 2.05) is 0 Å². The van der Waals surface area contributed by atoms with Crippen LogP contribution in [0.4, 0.5) is 0 Å². The highest BCUT2D eigenvalue weighted by molar-refractivity contribution is 5.97. The molecule has 1 heterocycles. The molecule has 1 aliphatic heterocycles. The molecular weight excluding hydrogens is 224 g/mol. The smallest absolute Gasteiger partial charge is 0.329 e. The molecule has 0 aromatic carbocycles. The molecule has 0 saturated heterocycles. The van der Waals surface area contributed by atoms with E-state index in [9.17, 15) is 9.59 Å². The largest absolute Gasteiger partial charge is 0.480 e. The Labute approximate surface area is 99.0 Å². The standard InChI is InChI=1S/C11H16N2O4/c1-7-6-10(2,17-13-7)8(14)12-11(9(15)16)4-3-5-11/h3-6H2,1-2H3,(H,12,14)(H,15,16)/t10-/m1/s1. The second-order valence-corrected chi connectivity index (χ2v) is 5.02. The Hall–Kier alpha value is -1.59. The Bertz CT molecular complexity index is 400. The Morgan fingerprint density at radius 2 is 2.12 bits per heavy atom. The summed E-state index contributed by atoms with van der Waals surface area (Å²) in [6.07, 6.45) is 2.17. The molecule has 1 fully saturated rings. The maximum Gasteiger partial charge on any atom is 0.329 e. The van der Waals surface area contributed by atoms with Gasteiger partial charge in [-0.15, -0.1) is 0 Å². The maximum absolute atomic E-state index is 12.1. The third kappa shape index (κ3) is 1.87. The van der Waals surface area contributed by atoms with Gasteiger partial charge in [0.05, 0.1) is 5.71 Å². The van der Waals surface area contributed by atoms with Crippen molar-refractivity contribution in [3.05, 3.63) is 0 Å². The highest BCUT2D eigenvalue weighted by atomic mass is 16.7. The molecule has 1 saturated carbocycles. The molecule has 0 aromatic rings. The quantitative estimate of drug-likeness (QED) is 0.758. The van der Waals surface area contributed by atoms with Crippen molar-refractivity contribution in [2.75, 3.05) is 0 Å². The number of carbonyl (C=O) groups is 2. The lowest BCUT2D eigenvalue weighted by Crippen LogP contribution is -2.63. The number of carbonyl (C=O) groups excluding carboxylic acids is 1. The zero-order valence-corrected chi connectivity index (χ0v) is 9.95. The minimum atomic E-state index is -1.10. The van der Waals surface area contributed by atoms with Gasteiger partial charge >= 0.3 is 5.97 Å². The number of nitrogens with one attached hydrogen (secondary N) is 1. The number of nitrogens with zero attached hydrogens (tertiary/aromatic N) is 1. The van der Waals surface area contributed by atoms with Crippen LogP contribution in [0.3, 0.4) is 0 Å². The summed E-state index contributed by atoms with van der Waals surface area (Å²) in [4.78, 5) is 28.3. The molecule has 0 bridgehead atoms. The van der Waals surface area contributed by atoms with E-state index in [-0.39, 0.29) is 0 Å². The summed E-state index contributed by atoms with van der Waals surface area (Å²) in [6, 6.07) is 0. The second-order valence-electron chi connectivity index (χ2n) is 5.02. The van der Waals surface area contributed by atoms with Gasteiger partial charge in [-0.3, -0.25) is 4.79 Å².